The van der Waals surface area contributed by atoms with Gasteiger partial charge in [-0.25, -0.2) is 18.8 Å². The van der Waals surface area contributed by atoms with E-state index < -0.39 is 19.7 Å². The maximum atomic E-state index is 13.8. The molecule has 5 rings (SSSR count). The molecule has 0 saturated heterocycles. The molecule has 2 aliphatic heterocycles. The van der Waals surface area contributed by atoms with Gasteiger partial charge in [-0.2, -0.15) is 4.68 Å². The quantitative estimate of drug-likeness (QED) is 0.370. The van der Waals surface area contributed by atoms with Crippen molar-refractivity contribution in [3.8, 4) is 5.69 Å². The van der Waals surface area contributed by atoms with Crippen molar-refractivity contribution in [1.29, 1.82) is 0 Å². The van der Waals surface area contributed by atoms with Crippen molar-refractivity contribution in [2.24, 2.45) is 5.41 Å². The van der Waals surface area contributed by atoms with E-state index in [1.54, 1.807) is 16.8 Å². The number of para-hydroxylation sites is 1. The topological polar surface area (TPSA) is 67.4 Å². The Bertz CT molecular complexity index is 1290. The number of hydrogen-bond donors (Lipinski definition) is 0. The minimum Gasteiger partial charge on any atom is -0.414 e. The van der Waals surface area contributed by atoms with Gasteiger partial charge >= 0.3 is 11.4 Å². The molecule has 0 amide bonds. The van der Waals surface area contributed by atoms with Crippen molar-refractivity contribution in [2.75, 3.05) is 0 Å². The Morgan fingerprint density at radius 2 is 1.61 bits per heavy atom. The molecule has 3 heterocycles. The summed E-state index contributed by atoms with van der Waals surface area (Å²) in [6.45, 7) is 19.4. The third-order valence-electron chi connectivity index (χ3n) is 7.97. The fourth-order valence-corrected chi connectivity index (χ4v) is 6.47. The lowest BCUT2D eigenvalue weighted by Gasteiger charge is -2.40. The molecule has 196 valence electrons. The molecule has 1 aliphatic carbocycles. The Kier molecular flexibility index (Phi) is 6.55. The van der Waals surface area contributed by atoms with Crippen LogP contribution in [0.15, 0.2) is 64.2 Å². The molecule has 1 aromatic carbocycles. The number of aromatic nitrogens is 3. The number of allylic oxidation sites excluding steroid dienone is 2. The minimum atomic E-state index is -1.93. The van der Waals surface area contributed by atoms with Crippen LogP contribution in [0.4, 0.5) is 0 Å². The van der Waals surface area contributed by atoms with Gasteiger partial charge in [-0.05, 0) is 62.7 Å². The first-order valence-electron chi connectivity index (χ1n) is 12.9. The zero-order chi connectivity index (χ0) is 26.7. The monoisotopic (exact) mass is 511 g/mol. The third kappa shape index (κ3) is 4.44. The molecule has 0 N–H and O–H groups in total. The Morgan fingerprint density at radius 3 is 2.22 bits per heavy atom. The zero-order valence-corrected chi connectivity index (χ0v) is 24.1. The Balaban J connectivity index is 1.73. The van der Waals surface area contributed by atoms with Gasteiger partial charge in [-0.3, -0.25) is 0 Å². The number of ether oxygens (including phenoxy) is 1. The highest BCUT2D eigenvalue weighted by atomic mass is 28.4. The van der Waals surface area contributed by atoms with Crippen molar-refractivity contribution < 1.29 is 9.16 Å². The Labute approximate surface area is 215 Å². The van der Waals surface area contributed by atoms with Crippen molar-refractivity contribution in [3.05, 3.63) is 75.6 Å². The lowest BCUT2D eigenvalue weighted by molar-refractivity contribution is -0.104. The van der Waals surface area contributed by atoms with E-state index in [1.807, 2.05) is 43.4 Å². The molecule has 0 unspecified atom stereocenters. The molecule has 0 fully saturated rings. The van der Waals surface area contributed by atoms with Gasteiger partial charge in [-0.1, -0.05) is 65.0 Å². The van der Waals surface area contributed by atoms with E-state index in [4.69, 9.17) is 9.16 Å². The second-order valence-corrected chi connectivity index (χ2v) is 17.2. The average molecular weight is 512 g/mol. The van der Waals surface area contributed by atoms with Crippen LogP contribution in [0.1, 0.15) is 60.9 Å². The molecule has 8 heteroatoms. The van der Waals surface area contributed by atoms with E-state index in [0.29, 0.717) is 12.1 Å². The first-order chi connectivity index (χ1) is 16.6. The van der Waals surface area contributed by atoms with Gasteiger partial charge in [0.25, 0.3) is 0 Å². The van der Waals surface area contributed by atoms with Crippen LogP contribution < -0.4 is 11.4 Å². The van der Waals surface area contributed by atoms with Crippen LogP contribution in [0, 0.1) is 5.41 Å². The van der Waals surface area contributed by atoms with Gasteiger partial charge in [0, 0.05) is 11.5 Å². The molecule has 0 saturated carbocycles. The van der Waals surface area contributed by atoms with Gasteiger partial charge < -0.3 is 9.16 Å². The predicted molar refractivity (Wildman–Crippen MR) is 146 cm³/mol. The number of hydrogen-bond acceptors (Lipinski definition) is 4. The van der Waals surface area contributed by atoms with Crippen LogP contribution in [0.3, 0.4) is 0 Å². The van der Waals surface area contributed by atoms with Crippen LogP contribution in [0.25, 0.3) is 5.69 Å². The zero-order valence-electron chi connectivity index (χ0n) is 23.1. The first-order valence-corrected chi connectivity index (χ1v) is 15.8. The minimum absolute atomic E-state index is 0.00311. The summed E-state index contributed by atoms with van der Waals surface area (Å²) in [6.07, 6.45) is 8.35. The Morgan fingerprint density at radius 1 is 0.972 bits per heavy atom. The lowest BCUT2D eigenvalue weighted by Crippen LogP contribution is -2.49. The predicted octanol–water partition coefficient (Wildman–Crippen LogP) is 5.37. The number of rotatable bonds is 7. The normalized spacial score (nSPS) is 24.4. The van der Waals surface area contributed by atoms with Gasteiger partial charge in [0.15, 0.2) is 8.32 Å². The highest BCUT2D eigenvalue weighted by molar-refractivity contribution is 6.74. The summed E-state index contributed by atoms with van der Waals surface area (Å²) in [5.74, 6) is 0. The highest BCUT2D eigenvalue weighted by Crippen LogP contribution is 2.43. The van der Waals surface area contributed by atoms with E-state index in [9.17, 15) is 9.59 Å². The van der Waals surface area contributed by atoms with Crippen LogP contribution in [0.5, 0.6) is 0 Å². The summed E-state index contributed by atoms with van der Waals surface area (Å²) in [5, 5.41) is 0.116. The van der Waals surface area contributed by atoms with Crippen molar-refractivity contribution >= 4 is 8.32 Å². The van der Waals surface area contributed by atoms with Crippen molar-refractivity contribution in [1.82, 2.24) is 13.9 Å². The highest BCUT2D eigenvalue weighted by Gasteiger charge is 2.47. The summed E-state index contributed by atoms with van der Waals surface area (Å²) in [7, 11) is -1.93. The summed E-state index contributed by atoms with van der Waals surface area (Å²) < 4.78 is 17.5. The van der Waals surface area contributed by atoms with Gasteiger partial charge in [-0.15, -0.1) is 0 Å². The lowest BCUT2D eigenvalue weighted by atomic mass is 9.85. The molecule has 2 bridgehead atoms. The molecule has 36 heavy (non-hydrogen) atoms. The van der Waals surface area contributed by atoms with E-state index in [0.717, 1.165) is 0 Å². The van der Waals surface area contributed by atoms with Crippen molar-refractivity contribution in [3.63, 3.8) is 0 Å². The molecular formula is C28H41N3O4Si. The largest absolute Gasteiger partial charge is 0.414 e. The Hall–Kier alpha value is -2.42. The second-order valence-electron chi connectivity index (χ2n) is 12.5. The number of benzene rings is 1. The summed E-state index contributed by atoms with van der Waals surface area (Å²) in [4.78, 5) is 27.5. The van der Waals surface area contributed by atoms with Gasteiger partial charge in [0.05, 0.1) is 17.8 Å². The molecule has 0 spiro atoms. The maximum Gasteiger partial charge on any atom is 0.355 e. The summed E-state index contributed by atoms with van der Waals surface area (Å²) >= 11 is 0. The van der Waals surface area contributed by atoms with Crippen LogP contribution >= 0.6 is 0 Å². The molecular weight excluding hydrogens is 470 g/mol. The molecule has 4 atom stereocenters. The fourth-order valence-electron chi connectivity index (χ4n) is 5.01. The van der Waals surface area contributed by atoms with Crippen LogP contribution in [0.2, 0.25) is 18.1 Å². The van der Waals surface area contributed by atoms with E-state index >= 15 is 0 Å². The molecule has 0 radical (unpaired) electrons. The number of nitrogens with zero attached hydrogens (tertiary/aromatic N) is 3. The van der Waals surface area contributed by atoms with Crippen molar-refractivity contribution in [2.45, 2.75) is 97.0 Å². The first kappa shape index (κ1) is 26.6. The maximum absolute atomic E-state index is 13.8. The van der Waals surface area contributed by atoms with Gasteiger partial charge in [0.2, 0.25) is 5.72 Å². The SMILES string of the molecule is C[C@H](C[C@@H](C)O[Si](C)(C)C(C)(C)C)O[C@@]12C=C[C@@H](n3c(=O)n(-c4ccccc4)c(=O)n31)C(C)(C)C=C2. The standard InChI is InChI=1S/C28H41N3O4Si/c1-20(19-21(2)35-36(8,9)26(3,4)5)34-28-16-15-23(27(6,7)17-18-28)30-24(32)29(25(33)31(28)30)22-13-11-10-12-14-22/h10-18,20-21,23H,19H2,1-9H3/t20-,21-,23-,28-/m1/s1. The van der Waals surface area contributed by atoms with Gasteiger partial charge in [0.1, 0.15) is 0 Å². The smallest absolute Gasteiger partial charge is 0.355 e. The van der Waals surface area contributed by atoms with E-state index in [1.165, 1.54) is 9.25 Å². The summed E-state index contributed by atoms with van der Waals surface area (Å²) in [5.41, 5.74) is -1.83. The van der Waals surface area contributed by atoms with E-state index in [-0.39, 0.29) is 34.4 Å². The number of fused-ring (bicyclic) bond motifs is 1. The molecule has 2 aromatic rings. The van der Waals surface area contributed by atoms with Crippen LogP contribution in [-0.2, 0) is 14.9 Å². The third-order valence-corrected chi connectivity index (χ3v) is 12.6. The second kappa shape index (κ2) is 8.85. The molecule has 3 aliphatic rings. The summed E-state index contributed by atoms with van der Waals surface area (Å²) in [6, 6.07) is 8.75. The fraction of sp³-hybridized carbons (Fsp3) is 0.571. The molecule has 7 nitrogen and oxygen atoms in total. The van der Waals surface area contributed by atoms with E-state index in [2.05, 4.69) is 60.7 Å². The average Bonchev–Trinajstić information content (AvgIpc) is 2.89. The molecule has 1 aromatic heterocycles. The van der Waals surface area contributed by atoms with Crippen LogP contribution in [-0.4, -0.2) is 34.5 Å².